The summed E-state index contributed by atoms with van der Waals surface area (Å²) >= 11 is 0. The van der Waals surface area contributed by atoms with E-state index in [4.69, 9.17) is 9.47 Å². The fraction of sp³-hybridized carbons (Fsp3) is 0.789. The molecule has 0 radical (unpaired) electrons. The first-order valence-electron chi connectivity index (χ1n) is 8.58. The van der Waals surface area contributed by atoms with Crippen LogP contribution < -0.4 is 0 Å². The van der Waals surface area contributed by atoms with E-state index in [0.29, 0.717) is 12.8 Å². The molecule has 0 amide bonds. The molecule has 23 heavy (non-hydrogen) atoms. The van der Waals surface area contributed by atoms with E-state index in [2.05, 4.69) is 6.58 Å². The predicted octanol–water partition coefficient (Wildman–Crippen LogP) is 4.67. The largest absolute Gasteiger partial charge is 0.465 e. The SMILES string of the molecule is C=C(C)C(CC)(C(=O)OCCCC(=O)OC(C)(C)CC)C(C)C. The van der Waals surface area contributed by atoms with E-state index in [1.807, 2.05) is 48.5 Å². The lowest BCUT2D eigenvalue weighted by Gasteiger charge is -2.34. The van der Waals surface area contributed by atoms with Crippen molar-refractivity contribution in [1.29, 1.82) is 0 Å². The van der Waals surface area contributed by atoms with Crippen LogP contribution in [-0.2, 0) is 19.1 Å². The second-order valence-corrected chi connectivity index (χ2v) is 7.09. The third-order valence-electron chi connectivity index (χ3n) is 4.67. The molecular formula is C19H34O4. The Balaban J connectivity index is 4.45. The molecule has 0 heterocycles. The fourth-order valence-corrected chi connectivity index (χ4v) is 2.70. The van der Waals surface area contributed by atoms with E-state index in [1.165, 1.54) is 0 Å². The molecule has 0 aromatic heterocycles. The Bertz CT molecular complexity index is 423. The number of carbonyl (C=O) groups is 2. The molecule has 0 rings (SSSR count). The van der Waals surface area contributed by atoms with Gasteiger partial charge >= 0.3 is 11.9 Å². The van der Waals surface area contributed by atoms with Gasteiger partial charge in [0, 0.05) is 6.42 Å². The minimum Gasteiger partial charge on any atom is -0.465 e. The molecule has 1 atom stereocenters. The molecule has 0 fully saturated rings. The average Bonchev–Trinajstić information content (AvgIpc) is 2.43. The summed E-state index contributed by atoms with van der Waals surface area (Å²) in [6.45, 7) is 17.8. The van der Waals surface area contributed by atoms with Crippen molar-refractivity contribution in [2.75, 3.05) is 6.61 Å². The van der Waals surface area contributed by atoms with Gasteiger partial charge in [-0.3, -0.25) is 9.59 Å². The number of esters is 2. The number of ether oxygens (including phenoxy) is 2. The van der Waals surface area contributed by atoms with Gasteiger partial charge in [0.15, 0.2) is 0 Å². The molecule has 0 saturated carbocycles. The fourth-order valence-electron chi connectivity index (χ4n) is 2.70. The third-order valence-corrected chi connectivity index (χ3v) is 4.67. The van der Waals surface area contributed by atoms with Crippen LogP contribution in [0.25, 0.3) is 0 Å². The minimum atomic E-state index is -0.648. The third kappa shape index (κ3) is 6.00. The second kappa shape index (κ2) is 9.09. The Labute approximate surface area is 141 Å². The van der Waals surface area contributed by atoms with Gasteiger partial charge in [0.25, 0.3) is 0 Å². The number of hydrogen-bond acceptors (Lipinski definition) is 4. The molecule has 0 bridgehead atoms. The van der Waals surface area contributed by atoms with Crippen molar-refractivity contribution in [3.63, 3.8) is 0 Å². The monoisotopic (exact) mass is 326 g/mol. The van der Waals surface area contributed by atoms with Crippen LogP contribution in [0, 0.1) is 11.3 Å². The van der Waals surface area contributed by atoms with Crippen LogP contribution in [0.5, 0.6) is 0 Å². The van der Waals surface area contributed by atoms with Crippen molar-refractivity contribution >= 4 is 11.9 Å². The number of carbonyl (C=O) groups excluding carboxylic acids is 2. The Morgan fingerprint density at radius 3 is 2.09 bits per heavy atom. The Kier molecular flexibility index (Phi) is 8.57. The smallest absolute Gasteiger partial charge is 0.316 e. The molecule has 1 unspecified atom stereocenters. The highest BCUT2D eigenvalue weighted by molar-refractivity contribution is 5.80. The van der Waals surface area contributed by atoms with Gasteiger partial charge in [0.1, 0.15) is 5.60 Å². The van der Waals surface area contributed by atoms with Crippen LogP contribution in [0.15, 0.2) is 12.2 Å². The zero-order valence-corrected chi connectivity index (χ0v) is 16.0. The Morgan fingerprint density at radius 2 is 1.70 bits per heavy atom. The molecule has 0 spiro atoms. The van der Waals surface area contributed by atoms with E-state index in [0.717, 1.165) is 12.0 Å². The lowest BCUT2D eigenvalue weighted by molar-refractivity contribution is -0.160. The highest BCUT2D eigenvalue weighted by Gasteiger charge is 2.42. The Hall–Kier alpha value is -1.32. The molecule has 0 N–H and O–H groups in total. The lowest BCUT2D eigenvalue weighted by Crippen LogP contribution is -2.38. The number of rotatable bonds is 10. The van der Waals surface area contributed by atoms with Crippen LogP contribution >= 0.6 is 0 Å². The maximum atomic E-state index is 12.5. The zero-order valence-electron chi connectivity index (χ0n) is 16.0. The maximum absolute atomic E-state index is 12.5. The molecule has 4 nitrogen and oxygen atoms in total. The predicted molar refractivity (Wildman–Crippen MR) is 93.0 cm³/mol. The van der Waals surface area contributed by atoms with Gasteiger partial charge in [-0.2, -0.15) is 0 Å². The van der Waals surface area contributed by atoms with Crippen LogP contribution in [0.4, 0.5) is 0 Å². The molecule has 0 aromatic rings. The van der Waals surface area contributed by atoms with E-state index in [9.17, 15) is 9.59 Å². The summed E-state index contributed by atoms with van der Waals surface area (Å²) in [6, 6.07) is 0. The van der Waals surface area contributed by atoms with E-state index in [1.54, 1.807) is 0 Å². The first kappa shape index (κ1) is 21.7. The van der Waals surface area contributed by atoms with Gasteiger partial charge in [0.2, 0.25) is 0 Å². The summed E-state index contributed by atoms with van der Waals surface area (Å²) in [6.07, 6.45) is 2.15. The average molecular weight is 326 g/mol. The van der Waals surface area contributed by atoms with Crippen molar-refractivity contribution < 1.29 is 19.1 Å². The van der Waals surface area contributed by atoms with Crippen molar-refractivity contribution in [2.24, 2.45) is 11.3 Å². The van der Waals surface area contributed by atoms with E-state index < -0.39 is 11.0 Å². The summed E-state index contributed by atoms with van der Waals surface area (Å²) in [5.41, 5.74) is -0.267. The highest BCUT2D eigenvalue weighted by atomic mass is 16.6. The zero-order chi connectivity index (χ0) is 18.3. The molecule has 0 aliphatic heterocycles. The van der Waals surface area contributed by atoms with Gasteiger partial charge in [0.05, 0.1) is 12.0 Å². The normalized spacial score (nSPS) is 14.3. The van der Waals surface area contributed by atoms with Gasteiger partial charge in [-0.15, -0.1) is 0 Å². The second-order valence-electron chi connectivity index (χ2n) is 7.09. The van der Waals surface area contributed by atoms with Gasteiger partial charge in [-0.1, -0.05) is 39.8 Å². The molecule has 0 saturated heterocycles. The van der Waals surface area contributed by atoms with Crippen molar-refractivity contribution in [2.45, 2.75) is 79.8 Å². The van der Waals surface area contributed by atoms with E-state index in [-0.39, 0.29) is 30.9 Å². The first-order valence-corrected chi connectivity index (χ1v) is 8.58. The van der Waals surface area contributed by atoms with Crippen molar-refractivity contribution in [3.05, 3.63) is 12.2 Å². The van der Waals surface area contributed by atoms with Crippen molar-refractivity contribution in [1.82, 2.24) is 0 Å². The lowest BCUT2D eigenvalue weighted by atomic mass is 9.70. The maximum Gasteiger partial charge on any atom is 0.316 e. The topological polar surface area (TPSA) is 52.6 Å². The van der Waals surface area contributed by atoms with E-state index >= 15 is 0 Å². The summed E-state index contributed by atoms with van der Waals surface area (Å²) in [4.78, 5) is 24.3. The summed E-state index contributed by atoms with van der Waals surface area (Å²) in [5.74, 6) is -0.379. The van der Waals surface area contributed by atoms with Crippen LogP contribution in [-0.4, -0.2) is 24.1 Å². The van der Waals surface area contributed by atoms with Crippen LogP contribution in [0.1, 0.15) is 74.1 Å². The molecule has 0 aliphatic rings. The standard InChI is InChI=1S/C19H34O4/c1-9-18(7,8)23-16(20)12-11-13-22-17(21)19(10-2,14(3)4)15(5)6/h15H,3,9-13H2,1-2,4-8H3. The van der Waals surface area contributed by atoms with Crippen molar-refractivity contribution in [3.8, 4) is 0 Å². The van der Waals surface area contributed by atoms with Gasteiger partial charge < -0.3 is 9.47 Å². The molecule has 0 aromatic carbocycles. The van der Waals surface area contributed by atoms with Gasteiger partial charge in [-0.05, 0) is 46.0 Å². The minimum absolute atomic E-state index is 0.118. The molecule has 134 valence electrons. The Morgan fingerprint density at radius 1 is 1.13 bits per heavy atom. The molecule has 0 aliphatic carbocycles. The quantitative estimate of drug-likeness (QED) is 0.332. The summed E-state index contributed by atoms with van der Waals surface area (Å²) < 4.78 is 10.8. The van der Waals surface area contributed by atoms with Crippen LogP contribution in [0.2, 0.25) is 0 Å². The summed E-state index contributed by atoms with van der Waals surface area (Å²) in [7, 11) is 0. The first-order chi connectivity index (χ1) is 10.5. The van der Waals surface area contributed by atoms with Gasteiger partial charge in [-0.25, -0.2) is 0 Å². The van der Waals surface area contributed by atoms with Crippen LogP contribution in [0.3, 0.4) is 0 Å². The highest BCUT2D eigenvalue weighted by Crippen LogP contribution is 2.39. The number of hydrogen-bond donors (Lipinski definition) is 0. The summed E-state index contributed by atoms with van der Waals surface area (Å²) in [5, 5.41) is 0. The molecule has 4 heteroatoms. The molecular weight excluding hydrogens is 292 g/mol.